The zero-order valence-electron chi connectivity index (χ0n) is 11.1. The van der Waals surface area contributed by atoms with Gasteiger partial charge in [0.2, 0.25) is 0 Å². The first-order valence-electron chi connectivity index (χ1n) is 6.65. The van der Waals surface area contributed by atoms with E-state index >= 15 is 0 Å². The number of nitrogens with one attached hydrogen (secondary N) is 1. The monoisotopic (exact) mass is 235 g/mol. The smallest absolute Gasteiger partial charge is 0.0491 e. The van der Waals surface area contributed by atoms with Crippen molar-refractivity contribution in [1.29, 1.82) is 0 Å². The maximum absolute atomic E-state index is 5.60. The van der Waals surface area contributed by atoms with E-state index in [1.165, 1.54) is 12.0 Å². The van der Waals surface area contributed by atoms with Crippen LogP contribution in [-0.4, -0.2) is 19.8 Å². The summed E-state index contributed by atoms with van der Waals surface area (Å²) in [7, 11) is 0. The summed E-state index contributed by atoms with van der Waals surface area (Å²) in [6.45, 7) is 8.17. The van der Waals surface area contributed by atoms with Crippen molar-refractivity contribution >= 4 is 0 Å². The van der Waals surface area contributed by atoms with Crippen LogP contribution in [0.25, 0.3) is 0 Å². The zero-order valence-corrected chi connectivity index (χ0v) is 11.1. The van der Waals surface area contributed by atoms with Gasteiger partial charge in [0.05, 0.1) is 0 Å². The van der Waals surface area contributed by atoms with Crippen LogP contribution in [0.2, 0.25) is 0 Å². The van der Waals surface area contributed by atoms with Crippen LogP contribution >= 0.6 is 0 Å². The van der Waals surface area contributed by atoms with Crippen molar-refractivity contribution in [3.63, 3.8) is 0 Å². The number of hydrogen-bond acceptors (Lipinski definition) is 2. The first-order valence-corrected chi connectivity index (χ1v) is 6.65. The molecule has 0 radical (unpaired) electrons. The van der Waals surface area contributed by atoms with Gasteiger partial charge in [-0.25, -0.2) is 0 Å². The predicted molar refractivity (Wildman–Crippen MR) is 73.0 cm³/mol. The second-order valence-corrected chi connectivity index (χ2v) is 4.60. The second kappa shape index (κ2) is 9.20. The molecule has 0 aliphatic rings. The topological polar surface area (TPSA) is 21.3 Å². The van der Waals surface area contributed by atoms with Gasteiger partial charge in [-0.05, 0) is 24.4 Å². The molecule has 0 bridgehead atoms. The fourth-order valence-corrected chi connectivity index (χ4v) is 1.53. The molecule has 17 heavy (non-hydrogen) atoms. The van der Waals surface area contributed by atoms with Crippen LogP contribution < -0.4 is 5.32 Å². The maximum atomic E-state index is 5.60. The highest BCUT2D eigenvalue weighted by molar-refractivity contribution is 5.14. The summed E-state index contributed by atoms with van der Waals surface area (Å²) < 4.78 is 5.60. The standard InChI is InChI=1S/C15H25NO/c1-3-14(2)13-17-11-7-10-16-12-15-8-5-4-6-9-15/h4-6,8-9,14,16H,3,7,10-13H2,1-2H3. The molecule has 0 spiro atoms. The van der Waals surface area contributed by atoms with Crippen LogP contribution in [0.5, 0.6) is 0 Å². The molecule has 1 rings (SSSR count). The number of rotatable bonds is 9. The van der Waals surface area contributed by atoms with Gasteiger partial charge in [-0.1, -0.05) is 50.6 Å². The molecular weight excluding hydrogens is 210 g/mol. The third-order valence-corrected chi connectivity index (χ3v) is 2.91. The Labute approximate surface area is 105 Å². The Kier molecular flexibility index (Phi) is 7.69. The lowest BCUT2D eigenvalue weighted by Crippen LogP contribution is -2.17. The van der Waals surface area contributed by atoms with E-state index in [1.807, 2.05) is 6.07 Å². The molecule has 0 heterocycles. The van der Waals surface area contributed by atoms with Gasteiger partial charge in [-0.2, -0.15) is 0 Å². The Morgan fingerprint density at radius 2 is 2.00 bits per heavy atom. The molecule has 2 nitrogen and oxygen atoms in total. The van der Waals surface area contributed by atoms with E-state index in [2.05, 4.69) is 43.4 Å². The summed E-state index contributed by atoms with van der Waals surface area (Å²) in [5.41, 5.74) is 1.34. The van der Waals surface area contributed by atoms with Crippen molar-refractivity contribution in [2.24, 2.45) is 5.92 Å². The van der Waals surface area contributed by atoms with Gasteiger partial charge in [0.25, 0.3) is 0 Å². The molecular formula is C15H25NO. The molecule has 0 aliphatic carbocycles. The third kappa shape index (κ3) is 7.14. The van der Waals surface area contributed by atoms with Crippen LogP contribution in [-0.2, 0) is 11.3 Å². The van der Waals surface area contributed by atoms with Crippen LogP contribution in [0.15, 0.2) is 30.3 Å². The van der Waals surface area contributed by atoms with Crippen LogP contribution in [0.3, 0.4) is 0 Å². The Hall–Kier alpha value is -0.860. The first-order chi connectivity index (χ1) is 8.33. The lowest BCUT2D eigenvalue weighted by molar-refractivity contribution is 0.101. The highest BCUT2D eigenvalue weighted by atomic mass is 16.5. The van der Waals surface area contributed by atoms with Gasteiger partial charge in [-0.3, -0.25) is 0 Å². The Balaban J connectivity index is 1.91. The van der Waals surface area contributed by atoms with Crippen LogP contribution in [0.1, 0.15) is 32.3 Å². The first kappa shape index (κ1) is 14.2. The highest BCUT2D eigenvalue weighted by Crippen LogP contribution is 2.00. The molecule has 1 aromatic carbocycles. The second-order valence-electron chi connectivity index (χ2n) is 4.60. The summed E-state index contributed by atoms with van der Waals surface area (Å²) in [5, 5.41) is 3.42. The molecule has 0 amide bonds. The molecule has 96 valence electrons. The third-order valence-electron chi connectivity index (χ3n) is 2.91. The van der Waals surface area contributed by atoms with Gasteiger partial charge in [0.1, 0.15) is 0 Å². The van der Waals surface area contributed by atoms with Gasteiger partial charge in [-0.15, -0.1) is 0 Å². The Bertz CT molecular complexity index is 274. The molecule has 1 unspecified atom stereocenters. The summed E-state index contributed by atoms with van der Waals surface area (Å²) in [6.07, 6.45) is 2.29. The molecule has 0 aliphatic heterocycles. The molecule has 0 aromatic heterocycles. The van der Waals surface area contributed by atoms with Crippen LogP contribution in [0, 0.1) is 5.92 Å². The Morgan fingerprint density at radius 1 is 1.24 bits per heavy atom. The van der Waals surface area contributed by atoms with Gasteiger partial charge in [0.15, 0.2) is 0 Å². The Morgan fingerprint density at radius 3 is 2.71 bits per heavy atom. The SMILES string of the molecule is CCC(C)COCCCNCc1ccccc1. The molecule has 0 saturated heterocycles. The summed E-state index contributed by atoms with van der Waals surface area (Å²) in [4.78, 5) is 0. The predicted octanol–water partition coefficient (Wildman–Crippen LogP) is 3.23. The van der Waals surface area contributed by atoms with Crippen molar-refractivity contribution in [2.45, 2.75) is 33.2 Å². The molecule has 0 fully saturated rings. The van der Waals surface area contributed by atoms with E-state index in [4.69, 9.17) is 4.74 Å². The van der Waals surface area contributed by atoms with Gasteiger partial charge in [0, 0.05) is 19.8 Å². The van der Waals surface area contributed by atoms with Crippen molar-refractivity contribution in [3.8, 4) is 0 Å². The molecule has 1 N–H and O–H groups in total. The maximum Gasteiger partial charge on any atom is 0.0491 e. The summed E-state index contributed by atoms with van der Waals surface area (Å²) in [5.74, 6) is 0.687. The number of hydrogen-bond donors (Lipinski definition) is 1. The fourth-order valence-electron chi connectivity index (χ4n) is 1.53. The van der Waals surface area contributed by atoms with E-state index in [0.29, 0.717) is 5.92 Å². The minimum absolute atomic E-state index is 0.687. The summed E-state index contributed by atoms with van der Waals surface area (Å²) >= 11 is 0. The van der Waals surface area contributed by atoms with Crippen molar-refractivity contribution in [2.75, 3.05) is 19.8 Å². The minimum Gasteiger partial charge on any atom is -0.381 e. The highest BCUT2D eigenvalue weighted by Gasteiger charge is 1.97. The average molecular weight is 235 g/mol. The quantitative estimate of drug-likeness (QED) is 0.664. The van der Waals surface area contributed by atoms with E-state index in [-0.39, 0.29) is 0 Å². The average Bonchev–Trinajstić information content (AvgIpc) is 2.38. The minimum atomic E-state index is 0.687. The lowest BCUT2D eigenvalue weighted by atomic mass is 10.1. The van der Waals surface area contributed by atoms with Crippen molar-refractivity contribution in [3.05, 3.63) is 35.9 Å². The van der Waals surface area contributed by atoms with E-state index in [0.717, 1.165) is 32.7 Å². The largest absolute Gasteiger partial charge is 0.381 e. The lowest BCUT2D eigenvalue weighted by Gasteiger charge is -2.09. The van der Waals surface area contributed by atoms with Crippen molar-refractivity contribution in [1.82, 2.24) is 5.32 Å². The van der Waals surface area contributed by atoms with E-state index in [9.17, 15) is 0 Å². The number of ether oxygens (including phenoxy) is 1. The van der Waals surface area contributed by atoms with Gasteiger partial charge < -0.3 is 10.1 Å². The fraction of sp³-hybridized carbons (Fsp3) is 0.600. The normalized spacial score (nSPS) is 12.6. The van der Waals surface area contributed by atoms with Crippen LogP contribution in [0.4, 0.5) is 0 Å². The van der Waals surface area contributed by atoms with E-state index < -0.39 is 0 Å². The zero-order chi connectivity index (χ0) is 12.3. The molecule has 0 saturated carbocycles. The molecule has 1 atom stereocenters. The molecule has 2 heteroatoms. The van der Waals surface area contributed by atoms with E-state index in [1.54, 1.807) is 0 Å². The number of benzene rings is 1. The molecule has 1 aromatic rings. The summed E-state index contributed by atoms with van der Waals surface area (Å²) in [6, 6.07) is 10.5. The van der Waals surface area contributed by atoms with Crippen molar-refractivity contribution < 1.29 is 4.74 Å². The van der Waals surface area contributed by atoms with Gasteiger partial charge >= 0.3 is 0 Å².